The maximum absolute atomic E-state index is 11.8. The minimum Gasteiger partial charge on any atom is -0.378 e. The second-order valence-corrected chi connectivity index (χ2v) is 8.48. The molecule has 1 aromatic heterocycles. The number of aromatic nitrogens is 2. The monoisotopic (exact) mass is 425 g/mol. The first-order valence-corrected chi connectivity index (χ1v) is 10.3. The van der Waals surface area contributed by atoms with Gasteiger partial charge in [-0.25, -0.2) is 0 Å². The molecule has 0 fully saturated rings. The smallest absolute Gasteiger partial charge is 0.161 e. The summed E-state index contributed by atoms with van der Waals surface area (Å²) in [5.41, 5.74) is 4.03. The minimum absolute atomic E-state index is 0.0168. The van der Waals surface area contributed by atoms with Crippen molar-refractivity contribution in [2.45, 2.75) is 39.5 Å². The van der Waals surface area contributed by atoms with Gasteiger partial charge in [0.15, 0.2) is 5.78 Å². The lowest BCUT2D eigenvalue weighted by Gasteiger charge is -2.21. The lowest BCUT2D eigenvalue weighted by Crippen LogP contribution is -2.32. The van der Waals surface area contributed by atoms with Gasteiger partial charge in [-0.15, -0.1) is 0 Å². The number of benzene rings is 2. The summed E-state index contributed by atoms with van der Waals surface area (Å²) in [5, 5.41) is 5.47. The predicted octanol–water partition coefficient (Wildman–Crippen LogP) is 5.20. The predicted molar refractivity (Wildman–Crippen MR) is 122 cm³/mol. The number of rotatable bonds is 8. The number of ketones is 1. The molecule has 0 saturated heterocycles. The number of ether oxygens (including phenoxy) is 1. The van der Waals surface area contributed by atoms with Crippen molar-refractivity contribution in [2.24, 2.45) is 0 Å². The molecule has 0 N–H and O–H groups in total. The molecule has 0 aliphatic rings. The van der Waals surface area contributed by atoms with E-state index < -0.39 is 5.60 Å². The van der Waals surface area contributed by atoms with E-state index >= 15 is 0 Å². The average Bonchev–Trinajstić information content (AvgIpc) is 3.11. The van der Waals surface area contributed by atoms with Crippen LogP contribution in [0.15, 0.2) is 54.6 Å². The normalized spacial score (nSPS) is 11.5. The third-order valence-electron chi connectivity index (χ3n) is 5.20. The number of anilines is 1. The van der Waals surface area contributed by atoms with Gasteiger partial charge in [-0.3, -0.25) is 9.48 Å². The fourth-order valence-electron chi connectivity index (χ4n) is 2.98. The number of halogens is 1. The third kappa shape index (κ3) is 5.10. The van der Waals surface area contributed by atoms with Gasteiger partial charge < -0.3 is 9.64 Å². The topological polar surface area (TPSA) is 47.4 Å². The van der Waals surface area contributed by atoms with E-state index in [1.807, 2.05) is 55.2 Å². The zero-order chi connectivity index (χ0) is 21.9. The van der Waals surface area contributed by atoms with Crippen LogP contribution >= 0.6 is 11.6 Å². The van der Waals surface area contributed by atoms with Crippen molar-refractivity contribution < 1.29 is 9.53 Å². The molecule has 3 aromatic rings. The summed E-state index contributed by atoms with van der Waals surface area (Å²) in [6.07, 6.45) is 0. The van der Waals surface area contributed by atoms with E-state index in [1.165, 1.54) is 6.92 Å². The molecule has 2 aromatic carbocycles. The van der Waals surface area contributed by atoms with Crippen LogP contribution in [0, 0.1) is 0 Å². The van der Waals surface area contributed by atoms with E-state index in [-0.39, 0.29) is 12.4 Å². The minimum atomic E-state index is -0.850. The maximum Gasteiger partial charge on any atom is 0.161 e. The van der Waals surface area contributed by atoms with Crippen molar-refractivity contribution in [2.75, 3.05) is 19.0 Å². The Morgan fingerprint density at radius 3 is 2.53 bits per heavy atom. The molecule has 0 radical (unpaired) electrons. The van der Waals surface area contributed by atoms with Gasteiger partial charge in [0.25, 0.3) is 0 Å². The first-order valence-electron chi connectivity index (χ1n) is 9.90. The molecule has 0 bridgehead atoms. The highest BCUT2D eigenvalue weighted by Crippen LogP contribution is 2.27. The van der Waals surface area contributed by atoms with Crippen molar-refractivity contribution in [3.05, 3.63) is 70.9 Å². The Morgan fingerprint density at radius 2 is 1.87 bits per heavy atom. The molecule has 0 atom stereocenters. The summed E-state index contributed by atoms with van der Waals surface area (Å²) in [6.45, 7) is 5.88. The van der Waals surface area contributed by atoms with E-state index in [9.17, 15) is 4.79 Å². The summed E-state index contributed by atoms with van der Waals surface area (Å²) in [5.74, 6) is -0.0168. The Kier molecular flexibility index (Phi) is 6.64. The quantitative estimate of drug-likeness (QED) is 0.497. The first-order chi connectivity index (χ1) is 14.2. The Labute approximate surface area is 183 Å². The van der Waals surface area contributed by atoms with E-state index in [0.717, 1.165) is 28.2 Å². The number of carbonyl (C=O) groups excluding carboxylic acids is 1. The van der Waals surface area contributed by atoms with Crippen LogP contribution in [0.2, 0.25) is 5.02 Å². The number of hydrogen-bond donors (Lipinski definition) is 0. The zero-order valence-electron chi connectivity index (χ0n) is 18.1. The molecule has 3 rings (SSSR count). The number of carbonyl (C=O) groups is 1. The fraction of sp³-hybridized carbons (Fsp3) is 0.333. The molecule has 5 nitrogen and oxygen atoms in total. The molecular weight excluding hydrogens is 398 g/mol. The molecular formula is C24H28ClN3O2. The first kappa shape index (κ1) is 22.1. The molecule has 0 unspecified atom stereocenters. The van der Waals surface area contributed by atoms with E-state index in [0.29, 0.717) is 11.6 Å². The zero-order valence-corrected chi connectivity index (χ0v) is 18.9. The Morgan fingerprint density at radius 1 is 1.13 bits per heavy atom. The highest BCUT2D eigenvalue weighted by molar-refractivity contribution is 6.31. The summed E-state index contributed by atoms with van der Waals surface area (Å²) >= 11 is 6.39. The molecule has 0 saturated carbocycles. The molecule has 0 amide bonds. The molecule has 0 aliphatic carbocycles. The summed E-state index contributed by atoms with van der Waals surface area (Å²) in [7, 11) is 4.03. The second-order valence-electron chi connectivity index (χ2n) is 8.07. The van der Waals surface area contributed by atoms with Gasteiger partial charge in [-0.2, -0.15) is 5.10 Å². The van der Waals surface area contributed by atoms with Gasteiger partial charge in [0, 0.05) is 30.4 Å². The number of Topliss-reactive ketones (excluding diaryl/α,β-unsaturated/α-hetero) is 1. The van der Waals surface area contributed by atoms with E-state index in [4.69, 9.17) is 21.4 Å². The Bertz CT molecular complexity index is 1040. The maximum atomic E-state index is 11.8. The van der Waals surface area contributed by atoms with Gasteiger partial charge in [-0.1, -0.05) is 41.9 Å². The Hall–Kier alpha value is -2.63. The van der Waals surface area contributed by atoms with E-state index in [2.05, 4.69) is 23.1 Å². The summed E-state index contributed by atoms with van der Waals surface area (Å²) in [4.78, 5) is 13.9. The van der Waals surface area contributed by atoms with Crippen molar-refractivity contribution in [3.63, 3.8) is 0 Å². The van der Waals surface area contributed by atoms with E-state index in [1.54, 1.807) is 13.8 Å². The average molecular weight is 426 g/mol. The molecule has 1 heterocycles. The summed E-state index contributed by atoms with van der Waals surface area (Å²) in [6, 6.07) is 18.1. The standard InChI is InChI=1S/C24H28ClN3O2/c1-17(29)24(2,3)30-16-20-14-23(18-10-8-11-21(13-18)27(4)5)28(26-20)15-19-9-6-7-12-22(19)25/h6-14H,15-16H2,1-5H3. The van der Waals surface area contributed by atoms with Crippen LogP contribution in [0.1, 0.15) is 32.0 Å². The molecule has 30 heavy (non-hydrogen) atoms. The van der Waals surface area contributed by atoms with Crippen LogP contribution in [0.3, 0.4) is 0 Å². The molecule has 158 valence electrons. The van der Waals surface area contributed by atoms with Crippen LogP contribution in [-0.2, 0) is 22.7 Å². The van der Waals surface area contributed by atoms with Gasteiger partial charge >= 0.3 is 0 Å². The van der Waals surface area contributed by atoms with Gasteiger partial charge in [0.05, 0.1) is 24.5 Å². The van der Waals surface area contributed by atoms with Crippen LogP contribution in [0.25, 0.3) is 11.3 Å². The van der Waals surface area contributed by atoms with Crippen molar-refractivity contribution in [1.29, 1.82) is 0 Å². The van der Waals surface area contributed by atoms with Gasteiger partial charge in [0.1, 0.15) is 5.60 Å². The highest BCUT2D eigenvalue weighted by atomic mass is 35.5. The van der Waals surface area contributed by atoms with Crippen LogP contribution < -0.4 is 4.90 Å². The number of nitrogens with zero attached hydrogens (tertiary/aromatic N) is 3. The lowest BCUT2D eigenvalue weighted by atomic mass is 10.1. The fourth-order valence-corrected chi connectivity index (χ4v) is 3.18. The van der Waals surface area contributed by atoms with Gasteiger partial charge in [0.2, 0.25) is 0 Å². The van der Waals surface area contributed by atoms with Crippen molar-refractivity contribution in [1.82, 2.24) is 9.78 Å². The van der Waals surface area contributed by atoms with Crippen LogP contribution in [0.5, 0.6) is 0 Å². The summed E-state index contributed by atoms with van der Waals surface area (Å²) < 4.78 is 7.80. The molecule has 6 heteroatoms. The van der Waals surface area contributed by atoms with Crippen molar-refractivity contribution in [3.8, 4) is 11.3 Å². The van der Waals surface area contributed by atoms with Crippen LogP contribution in [0.4, 0.5) is 5.69 Å². The van der Waals surface area contributed by atoms with Gasteiger partial charge in [-0.05, 0) is 50.6 Å². The van der Waals surface area contributed by atoms with Crippen molar-refractivity contribution >= 4 is 23.1 Å². The highest BCUT2D eigenvalue weighted by Gasteiger charge is 2.25. The number of hydrogen-bond acceptors (Lipinski definition) is 4. The van der Waals surface area contributed by atoms with Crippen LogP contribution in [-0.4, -0.2) is 35.3 Å². The lowest BCUT2D eigenvalue weighted by molar-refractivity contribution is -0.139. The second kappa shape index (κ2) is 9.02. The third-order valence-corrected chi connectivity index (χ3v) is 5.56. The SMILES string of the molecule is CC(=O)C(C)(C)OCc1cc(-c2cccc(N(C)C)c2)n(Cc2ccccc2Cl)n1. The Balaban J connectivity index is 1.98. The largest absolute Gasteiger partial charge is 0.378 e. The molecule has 0 aliphatic heterocycles. The molecule has 0 spiro atoms.